The zero-order valence-electron chi connectivity index (χ0n) is 25.0. The fraction of sp³-hybridized carbons (Fsp3) is 0.414. The number of alkyl halides is 3. The number of morpholine rings is 1. The second kappa shape index (κ2) is 15.3. The summed E-state index contributed by atoms with van der Waals surface area (Å²) >= 11 is 0. The molecule has 1 saturated heterocycles. The number of ether oxygens (including phenoxy) is 3. The second-order valence-corrected chi connectivity index (χ2v) is 9.88. The van der Waals surface area contributed by atoms with Crippen LogP contribution in [0.15, 0.2) is 55.2 Å². The number of benzene rings is 1. The van der Waals surface area contributed by atoms with Gasteiger partial charge in [-0.15, -0.1) is 0 Å². The summed E-state index contributed by atoms with van der Waals surface area (Å²) in [6.07, 6.45) is -0.0162. The number of nitrogens with zero attached hydrogens (tertiary/aromatic N) is 6. The molecule has 242 valence electrons. The minimum absolute atomic E-state index is 0.0325. The Morgan fingerprint density at radius 2 is 1.89 bits per heavy atom. The van der Waals surface area contributed by atoms with Crippen LogP contribution >= 0.6 is 0 Å². The number of esters is 1. The predicted molar refractivity (Wildman–Crippen MR) is 159 cm³/mol. The van der Waals surface area contributed by atoms with Crippen LogP contribution in [0.2, 0.25) is 0 Å². The summed E-state index contributed by atoms with van der Waals surface area (Å²) < 4.78 is 54.8. The van der Waals surface area contributed by atoms with E-state index in [0.717, 1.165) is 26.2 Å². The Hall–Kier alpha value is -4.70. The Morgan fingerprint density at radius 3 is 2.60 bits per heavy atom. The first-order chi connectivity index (χ1) is 21.5. The third kappa shape index (κ3) is 9.64. The molecule has 4 rings (SSSR count). The van der Waals surface area contributed by atoms with E-state index in [1.54, 1.807) is 30.6 Å². The molecule has 45 heavy (non-hydrogen) atoms. The number of carbonyl (C=O) groups is 2. The summed E-state index contributed by atoms with van der Waals surface area (Å²) in [5.74, 6) is -4.03. The number of aromatic nitrogens is 4. The standard InChI is InChI=1S/C29H35F3N8O5/c1-4-38(5-2)9-10-40-18-23(16-34-40)36-28-33-17-24(39-11-13-43-14-12-39)26(37-28)44-19-21-7-6-8-22(15-21)35-25(41)20(3)45-27(42)29(30,31)32/h6-8,15-18H,3-5,9-14,19H2,1-2H3,(H,35,41)(H,33,36,37). The first-order valence-corrected chi connectivity index (χ1v) is 14.3. The third-order valence-electron chi connectivity index (χ3n) is 6.78. The van der Waals surface area contributed by atoms with E-state index in [9.17, 15) is 22.8 Å². The number of hydrogen-bond donors (Lipinski definition) is 2. The van der Waals surface area contributed by atoms with Gasteiger partial charge in [-0.2, -0.15) is 23.3 Å². The maximum Gasteiger partial charge on any atom is 0.491 e. The van der Waals surface area contributed by atoms with Crippen LogP contribution in [0.4, 0.5) is 36.2 Å². The summed E-state index contributed by atoms with van der Waals surface area (Å²) in [6.45, 7) is 13.2. The van der Waals surface area contributed by atoms with Crippen molar-refractivity contribution >= 4 is 34.9 Å². The van der Waals surface area contributed by atoms with Crippen LogP contribution < -0.4 is 20.3 Å². The van der Waals surface area contributed by atoms with E-state index >= 15 is 0 Å². The van der Waals surface area contributed by atoms with Gasteiger partial charge in [0.15, 0.2) is 5.76 Å². The van der Waals surface area contributed by atoms with Gasteiger partial charge in [-0.1, -0.05) is 32.6 Å². The Kier molecular flexibility index (Phi) is 11.3. The zero-order valence-corrected chi connectivity index (χ0v) is 25.0. The molecule has 16 heteroatoms. The van der Waals surface area contributed by atoms with Crippen LogP contribution in [0.5, 0.6) is 5.88 Å². The van der Waals surface area contributed by atoms with Gasteiger partial charge in [-0.3, -0.25) is 9.48 Å². The third-order valence-corrected chi connectivity index (χ3v) is 6.78. The van der Waals surface area contributed by atoms with Gasteiger partial charge in [0.2, 0.25) is 11.8 Å². The average molecular weight is 633 g/mol. The molecule has 0 radical (unpaired) electrons. The number of nitrogens with one attached hydrogen (secondary N) is 2. The first-order valence-electron chi connectivity index (χ1n) is 14.3. The van der Waals surface area contributed by atoms with Crippen molar-refractivity contribution in [2.45, 2.75) is 33.2 Å². The van der Waals surface area contributed by atoms with Crippen molar-refractivity contribution in [2.75, 3.05) is 61.5 Å². The van der Waals surface area contributed by atoms with Crippen LogP contribution in [0.3, 0.4) is 0 Å². The Labute approximate surface area is 258 Å². The lowest BCUT2D eigenvalue weighted by Crippen LogP contribution is -2.36. The van der Waals surface area contributed by atoms with Crippen LogP contribution in [-0.4, -0.2) is 88.6 Å². The molecule has 3 heterocycles. The lowest BCUT2D eigenvalue weighted by atomic mass is 10.2. The molecule has 2 N–H and O–H groups in total. The fourth-order valence-electron chi connectivity index (χ4n) is 4.32. The maximum absolute atomic E-state index is 12.4. The van der Waals surface area contributed by atoms with Gasteiger partial charge < -0.3 is 34.6 Å². The summed E-state index contributed by atoms with van der Waals surface area (Å²) in [5.41, 5.74) is 2.22. The van der Waals surface area contributed by atoms with Crippen LogP contribution in [0.25, 0.3) is 0 Å². The SMILES string of the molecule is C=C(OC(=O)C(F)(F)F)C(=O)Nc1cccc(COc2nc(Nc3cnn(CCN(CC)CC)c3)ncc2N2CCOCC2)c1. The number of halogens is 3. The quantitative estimate of drug-likeness (QED) is 0.153. The lowest BCUT2D eigenvalue weighted by Gasteiger charge is -2.29. The minimum atomic E-state index is -5.26. The molecule has 0 atom stereocenters. The molecule has 1 amide bonds. The van der Waals surface area contributed by atoms with Gasteiger partial charge in [0.05, 0.1) is 37.8 Å². The molecular weight excluding hydrogens is 597 g/mol. The van der Waals surface area contributed by atoms with E-state index in [1.165, 1.54) is 6.07 Å². The van der Waals surface area contributed by atoms with Crippen LogP contribution in [0.1, 0.15) is 19.4 Å². The van der Waals surface area contributed by atoms with E-state index in [0.29, 0.717) is 55.1 Å². The fourth-order valence-corrected chi connectivity index (χ4v) is 4.32. The van der Waals surface area contributed by atoms with Crippen molar-refractivity contribution in [1.82, 2.24) is 24.6 Å². The molecule has 1 aliphatic heterocycles. The number of anilines is 4. The van der Waals surface area contributed by atoms with Crippen LogP contribution in [-0.2, 0) is 32.2 Å². The molecule has 0 bridgehead atoms. The minimum Gasteiger partial charge on any atom is -0.471 e. The van der Waals surface area contributed by atoms with Crippen molar-refractivity contribution in [3.05, 3.63) is 60.8 Å². The highest BCUT2D eigenvalue weighted by Gasteiger charge is 2.42. The van der Waals surface area contributed by atoms with Crippen molar-refractivity contribution in [3.63, 3.8) is 0 Å². The number of hydrogen-bond acceptors (Lipinski definition) is 11. The van der Waals surface area contributed by atoms with E-state index in [-0.39, 0.29) is 12.3 Å². The van der Waals surface area contributed by atoms with Crippen molar-refractivity contribution in [2.24, 2.45) is 0 Å². The van der Waals surface area contributed by atoms with Gasteiger partial charge in [0, 0.05) is 31.5 Å². The molecule has 13 nitrogen and oxygen atoms in total. The van der Waals surface area contributed by atoms with Gasteiger partial charge in [-0.05, 0) is 30.8 Å². The predicted octanol–water partition coefficient (Wildman–Crippen LogP) is 3.73. The normalized spacial score (nSPS) is 13.4. The van der Waals surface area contributed by atoms with Gasteiger partial charge in [0.1, 0.15) is 12.3 Å². The van der Waals surface area contributed by atoms with Crippen molar-refractivity contribution in [3.8, 4) is 5.88 Å². The average Bonchev–Trinajstić information content (AvgIpc) is 3.47. The molecule has 0 spiro atoms. The molecule has 1 aliphatic rings. The van der Waals surface area contributed by atoms with Crippen molar-refractivity contribution < 1.29 is 37.0 Å². The van der Waals surface area contributed by atoms with E-state index < -0.39 is 23.8 Å². The number of rotatable bonds is 14. The van der Waals surface area contributed by atoms with E-state index in [2.05, 4.69) is 60.7 Å². The molecule has 0 saturated carbocycles. The highest BCUT2D eigenvalue weighted by Crippen LogP contribution is 2.29. The molecule has 3 aromatic rings. The summed E-state index contributed by atoms with van der Waals surface area (Å²) in [7, 11) is 0. The maximum atomic E-state index is 12.4. The largest absolute Gasteiger partial charge is 0.491 e. The summed E-state index contributed by atoms with van der Waals surface area (Å²) in [6, 6.07) is 6.41. The Morgan fingerprint density at radius 1 is 1.13 bits per heavy atom. The molecule has 0 unspecified atom stereocenters. The Balaban J connectivity index is 1.44. The number of carbonyl (C=O) groups excluding carboxylic acids is 2. The first kappa shape index (κ1) is 33.2. The molecule has 0 aliphatic carbocycles. The van der Waals surface area contributed by atoms with E-state index in [1.807, 2.05) is 10.9 Å². The monoisotopic (exact) mass is 632 g/mol. The van der Waals surface area contributed by atoms with Gasteiger partial charge in [-0.25, -0.2) is 9.78 Å². The number of amides is 1. The smallest absolute Gasteiger partial charge is 0.471 e. The van der Waals surface area contributed by atoms with E-state index in [4.69, 9.17) is 9.47 Å². The molecule has 2 aromatic heterocycles. The Bertz CT molecular complexity index is 1470. The molecule has 1 aromatic carbocycles. The summed E-state index contributed by atoms with van der Waals surface area (Å²) in [4.78, 5) is 36.7. The second-order valence-electron chi connectivity index (χ2n) is 9.88. The summed E-state index contributed by atoms with van der Waals surface area (Å²) in [5, 5.41) is 9.94. The molecule has 1 fully saturated rings. The number of likely N-dealkylation sites (N-methyl/N-ethyl adjacent to an activating group) is 1. The molecular formula is C29H35F3N8O5. The zero-order chi connectivity index (χ0) is 32.4. The van der Waals surface area contributed by atoms with Gasteiger partial charge >= 0.3 is 12.1 Å². The highest BCUT2D eigenvalue weighted by molar-refractivity contribution is 6.03. The lowest BCUT2D eigenvalue weighted by molar-refractivity contribution is -0.195. The van der Waals surface area contributed by atoms with Gasteiger partial charge in [0.25, 0.3) is 5.91 Å². The topological polar surface area (TPSA) is 136 Å². The van der Waals surface area contributed by atoms with Crippen LogP contribution in [0, 0.1) is 0 Å². The highest BCUT2D eigenvalue weighted by atomic mass is 19.4. The van der Waals surface area contributed by atoms with Crippen molar-refractivity contribution in [1.29, 1.82) is 0 Å².